The second-order valence-corrected chi connectivity index (χ2v) is 6.07. The minimum atomic E-state index is -4.51. The van der Waals surface area contributed by atoms with E-state index in [1.165, 1.54) is 11.8 Å². The molecule has 7 heteroatoms. The maximum absolute atomic E-state index is 13.2. The summed E-state index contributed by atoms with van der Waals surface area (Å²) in [6, 6.07) is 15.3. The summed E-state index contributed by atoms with van der Waals surface area (Å²) in [4.78, 5) is 0. The zero-order valence-corrected chi connectivity index (χ0v) is 15.0. The molecule has 3 rings (SSSR count). The predicted molar refractivity (Wildman–Crippen MR) is 98.2 cm³/mol. The van der Waals surface area contributed by atoms with Gasteiger partial charge in [0, 0.05) is 5.56 Å². The average Bonchev–Trinajstić information content (AvgIpc) is 3.13. The zero-order valence-electron chi connectivity index (χ0n) is 15.0. The number of methoxy groups -OCH3 is 1. The van der Waals surface area contributed by atoms with Crippen molar-refractivity contribution in [2.45, 2.75) is 12.6 Å². The molecule has 27 heavy (non-hydrogen) atoms. The van der Waals surface area contributed by atoms with Crippen LogP contribution < -0.4 is 10.1 Å². The lowest BCUT2D eigenvalue weighted by Crippen LogP contribution is -2.10. The Morgan fingerprint density at radius 3 is 2.26 bits per heavy atom. The van der Waals surface area contributed by atoms with Crippen molar-refractivity contribution in [1.29, 1.82) is 0 Å². The van der Waals surface area contributed by atoms with Crippen molar-refractivity contribution >= 4 is 0 Å². The fourth-order valence-electron chi connectivity index (χ4n) is 2.76. The summed E-state index contributed by atoms with van der Waals surface area (Å²) >= 11 is 0. The van der Waals surface area contributed by atoms with Crippen LogP contribution in [0.2, 0.25) is 0 Å². The van der Waals surface area contributed by atoms with Crippen molar-refractivity contribution in [3.8, 4) is 22.7 Å². The molecule has 0 unspecified atom stereocenters. The van der Waals surface area contributed by atoms with Crippen molar-refractivity contribution in [1.82, 2.24) is 15.1 Å². The lowest BCUT2D eigenvalue weighted by molar-refractivity contribution is -0.141. The van der Waals surface area contributed by atoms with Gasteiger partial charge in [0.1, 0.15) is 5.75 Å². The number of rotatable bonds is 6. The molecular formula is C20H20F3N3O. The molecule has 1 N–H and O–H groups in total. The number of hydrogen-bond donors (Lipinski definition) is 1. The van der Waals surface area contributed by atoms with Crippen LogP contribution in [-0.4, -0.2) is 30.5 Å². The molecule has 3 aromatic rings. The van der Waals surface area contributed by atoms with Crippen molar-refractivity contribution < 1.29 is 17.9 Å². The van der Waals surface area contributed by atoms with Gasteiger partial charge in [-0.3, -0.25) is 0 Å². The van der Waals surface area contributed by atoms with Gasteiger partial charge in [0.25, 0.3) is 0 Å². The first kappa shape index (κ1) is 19.0. The third-order valence-corrected chi connectivity index (χ3v) is 4.23. The molecule has 0 fully saturated rings. The van der Waals surface area contributed by atoms with Gasteiger partial charge < -0.3 is 10.1 Å². The Balaban J connectivity index is 2.03. The Kier molecular flexibility index (Phi) is 5.51. The van der Waals surface area contributed by atoms with E-state index in [-0.39, 0.29) is 0 Å². The number of alkyl halides is 3. The van der Waals surface area contributed by atoms with Crippen molar-refractivity contribution in [2.24, 2.45) is 0 Å². The number of ether oxygens (including phenoxy) is 1. The van der Waals surface area contributed by atoms with E-state index in [4.69, 9.17) is 4.74 Å². The van der Waals surface area contributed by atoms with Crippen LogP contribution in [0, 0.1) is 0 Å². The summed E-state index contributed by atoms with van der Waals surface area (Å²) in [5, 5.41) is 6.87. The molecule has 0 radical (unpaired) electrons. The molecule has 0 aliphatic carbocycles. The second-order valence-electron chi connectivity index (χ2n) is 6.07. The number of likely N-dealkylation sites (N-methyl/N-ethyl adjacent to an activating group) is 1. The van der Waals surface area contributed by atoms with E-state index in [2.05, 4.69) is 10.4 Å². The number of halogens is 3. The average molecular weight is 375 g/mol. The first-order chi connectivity index (χ1) is 12.9. The molecule has 0 amide bonds. The topological polar surface area (TPSA) is 39.1 Å². The van der Waals surface area contributed by atoms with Gasteiger partial charge in [-0.2, -0.15) is 18.3 Å². The van der Waals surface area contributed by atoms with Crippen LogP contribution in [0.15, 0.2) is 54.6 Å². The molecule has 0 saturated heterocycles. The zero-order chi connectivity index (χ0) is 19.4. The van der Waals surface area contributed by atoms with Gasteiger partial charge in [-0.15, -0.1) is 0 Å². The molecular weight excluding hydrogens is 355 g/mol. The maximum atomic E-state index is 13.2. The number of nitrogens with one attached hydrogen (secondary N) is 1. The molecule has 142 valence electrons. The standard InChI is InChI=1S/C20H20F3N3O/c1-24-12-11-14-3-5-15(6-4-14)18-13-19(20(21,22)23)25-26(18)16-7-9-17(27-2)10-8-16/h3-10,13,24H,11-12H2,1-2H3. The van der Waals surface area contributed by atoms with Gasteiger partial charge >= 0.3 is 6.18 Å². The van der Waals surface area contributed by atoms with Gasteiger partial charge in [0.15, 0.2) is 5.69 Å². The van der Waals surface area contributed by atoms with E-state index in [1.807, 2.05) is 31.3 Å². The van der Waals surface area contributed by atoms with Crippen LogP contribution in [0.4, 0.5) is 13.2 Å². The highest BCUT2D eigenvalue weighted by molar-refractivity contribution is 5.63. The molecule has 0 aliphatic heterocycles. The molecule has 0 atom stereocenters. The van der Waals surface area contributed by atoms with E-state index in [1.54, 1.807) is 24.3 Å². The predicted octanol–water partition coefficient (Wildman–Crippen LogP) is 4.33. The molecule has 1 heterocycles. The van der Waals surface area contributed by atoms with Gasteiger partial charge in [-0.25, -0.2) is 4.68 Å². The van der Waals surface area contributed by atoms with Gasteiger partial charge in [0.05, 0.1) is 18.5 Å². The van der Waals surface area contributed by atoms with Crippen molar-refractivity contribution in [2.75, 3.05) is 20.7 Å². The Hall–Kier alpha value is -2.80. The Bertz CT molecular complexity index is 884. The SMILES string of the molecule is CNCCc1ccc(-c2cc(C(F)(F)F)nn2-c2ccc(OC)cc2)cc1. The molecule has 2 aromatic carbocycles. The van der Waals surface area contributed by atoms with Gasteiger partial charge in [0.2, 0.25) is 0 Å². The summed E-state index contributed by atoms with van der Waals surface area (Å²) in [6.07, 6.45) is -3.67. The highest BCUT2D eigenvalue weighted by Gasteiger charge is 2.35. The van der Waals surface area contributed by atoms with Gasteiger partial charge in [-0.05, 0) is 55.9 Å². The fourth-order valence-corrected chi connectivity index (χ4v) is 2.76. The van der Waals surface area contributed by atoms with E-state index in [0.717, 1.165) is 24.6 Å². The van der Waals surface area contributed by atoms with E-state index in [9.17, 15) is 13.2 Å². The number of nitrogens with zero attached hydrogens (tertiary/aromatic N) is 2. The van der Waals surface area contributed by atoms with Gasteiger partial charge in [-0.1, -0.05) is 24.3 Å². The van der Waals surface area contributed by atoms with E-state index < -0.39 is 11.9 Å². The van der Waals surface area contributed by atoms with Crippen LogP contribution in [0.1, 0.15) is 11.3 Å². The minimum absolute atomic E-state index is 0.382. The second kappa shape index (κ2) is 7.84. The highest BCUT2D eigenvalue weighted by Crippen LogP contribution is 2.33. The smallest absolute Gasteiger partial charge is 0.435 e. The van der Waals surface area contributed by atoms with Crippen LogP contribution in [0.3, 0.4) is 0 Å². The Morgan fingerprint density at radius 1 is 1.04 bits per heavy atom. The summed E-state index contributed by atoms with van der Waals surface area (Å²) in [6.45, 7) is 0.835. The lowest BCUT2D eigenvalue weighted by Gasteiger charge is -2.09. The first-order valence-electron chi connectivity index (χ1n) is 8.48. The summed E-state index contributed by atoms with van der Waals surface area (Å²) in [5.41, 5.74) is 1.77. The Morgan fingerprint density at radius 2 is 1.70 bits per heavy atom. The van der Waals surface area contributed by atoms with Crippen LogP contribution in [0.25, 0.3) is 16.9 Å². The summed E-state index contributed by atoms with van der Waals surface area (Å²) in [7, 11) is 3.41. The van der Waals surface area contributed by atoms with E-state index >= 15 is 0 Å². The normalized spacial score (nSPS) is 11.6. The monoisotopic (exact) mass is 375 g/mol. The van der Waals surface area contributed by atoms with Crippen molar-refractivity contribution in [3.63, 3.8) is 0 Å². The van der Waals surface area contributed by atoms with Crippen molar-refractivity contribution in [3.05, 3.63) is 65.9 Å². The van der Waals surface area contributed by atoms with Crippen LogP contribution in [0.5, 0.6) is 5.75 Å². The molecule has 0 bridgehead atoms. The highest BCUT2D eigenvalue weighted by atomic mass is 19.4. The molecule has 0 saturated carbocycles. The molecule has 4 nitrogen and oxygen atoms in total. The minimum Gasteiger partial charge on any atom is -0.497 e. The fraction of sp³-hybridized carbons (Fsp3) is 0.250. The van der Waals surface area contributed by atoms with E-state index in [0.29, 0.717) is 22.7 Å². The summed E-state index contributed by atoms with van der Waals surface area (Å²) < 4.78 is 46.1. The molecule has 0 aliphatic rings. The number of hydrogen-bond acceptors (Lipinski definition) is 3. The maximum Gasteiger partial charge on any atom is 0.435 e. The third-order valence-electron chi connectivity index (χ3n) is 4.23. The molecule has 1 aromatic heterocycles. The first-order valence-corrected chi connectivity index (χ1v) is 8.48. The summed E-state index contributed by atoms with van der Waals surface area (Å²) in [5.74, 6) is 0.623. The van der Waals surface area contributed by atoms with Crippen LogP contribution in [-0.2, 0) is 12.6 Å². The Labute approximate surface area is 155 Å². The largest absolute Gasteiger partial charge is 0.497 e. The lowest BCUT2D eigenvalue weighted by atomic mass is 10.1. The number of benzene rings is 2. The number of aromatic nitrogens is 2. The quantitative estimate of drug-likeness (QED) is 0.697. The third kappa shape index (κ3) is 4.31. The molecule has 0 spiro atoms. The van der Waals surface area contributed by atoms with Crippen LogP contribution >= 0.6 is 0 Å².